The van der Waals surface area contributed by atoms with Crippen molar-refractivity contribution in [1.29, 1.82) is 0 Å². The van der Waals surface area contributed by atoms with Crippen molar-refractivity contribution >= 4 is 0 Å². The van der Waals surface area contributed by atoms with Gasteiger partial charge in [-0.3, -0.25) is 4.90 Å². The standard InChI is InChI=1S/C16H21N3O2/c1-20-15-11-18(10-14-6-4-8-19(14)12-15)9-13-5-3-7-17-16(13)21-2/h3-8,15H,9-12H2,1-2H3/t15-/m1/s1. The second-order valence-corrected chi connectivity index (χ2v) is 5.35. The molecular formula is C16H21N3O2. The summed E-state index contributed by atoms with van der Waals surface area (Å²) in [5.74, 6) is 0.700. The molecule has 0 aliphatic carbocycles. The number of ether oxygens (including phenoxy) is 2. The van der Waals surface area contributed by atoms with Crippen LogP contribution in [0.15, 0.2) is 36.7 Å². The first-order valence-corrected chi connectivity index (χ1v) is 7.17. The molecule has 0 saturated heterocycles. The Morgan fingerprint density at radius 1 is 1.24 bits per heavy atom. The summed E-state index contributed by atoms with van der Waals surface area (Å²) in [5.41, 5.74) is 2.42. The lowest BCUT2D eigenvalue weighted by Gasteiger charge is -2.23. The van der Waals surface area contributed by atoms with Crippen LogP contribution in [0.1, 0.15) is 11.3 Å². The van der Waals surface area contributed by atoms with E-state index in [4.69, 9.17) is 9.47 Å². The van der Waals surface area contributed by atoms with E-state index in [1.54, 1.807) is 20.4 Å². The highest BCUT2D eigenvalue weighted by Gasteiger charge is 2.22. The van der Waals surface area contributed by atoms with Gasteiger partial charge in [-0.2, -0.15) is 0 Å². The van der Waals surface area contributed by atoms with E-state index in [-0.39, 0.29) is 6.10 Å². The number of methoxy groups -OCH3 is 2. The topological polar surface area (TPSA) is 39.5 Å². The van der Waals surface area contributed by atoms with Gasteiger partial charge in [0, 0.05) is 56.9 Å². The number of hydrogen-bond donors (Lipinski definition) is 0. The summed E-state index contributed by atoms with van der Waals surface area (Å²) >= 11 is 0. The zero-order chi connectivity index (χ0) is 14.7. The molecule has 21 heavy (non-hydrogen) atoms. The van der Waals surface area contributed by atoms with Crippen LogP contribution in [0, 0.1) is 0 Å². The third-order valence-corrected chi connectivity index (χ3v) is 3.94. The van der Waals surface area contributed by atoms with Gasteiger partial charge in [-0.15, -0.1) is 0 Å². The highest BCUT2D eigenvalue weighted by molar-refractivity contribution is 5.25. The van der Waals surface area contributed by atoms with Crippen LogP contribution in [-0.4, -0.2) is 41.3 Å². The molecule has 112 valence electrons. The number of pyridine rings is 1. The molecule has 1 aliphatic heterocycles. The van der Waals surface area contributed by atoms with Gasteiger partial charge < -0.3 is 14.0 Å². The van der Waals surface area contributed by atoms with E-state index in [1.165, 1.54) is 5.69 Å². The molecule has 2 aromatic heterocycles. The molecule has 1 aliphatic rings. The van der Waals surface area contributed by atoms with Crippen molar-refractivity contribution in [2.24, 2.45) is 0 Å². The molecule has 3 rings (SSSR count). The number of rotatable bonds is 4. The van der Waals surface area contributed by atoms with E-state index in [9.17, 15) is 0 Å². The summed E-state index contributed by atoms with van der Waals surface area (Å²) in [6.07, 6.45) is 4.07. The summed E-state index contributed by atoms with van der Waals surface area (Å²) in [6.45, 7) is 3.52. The summed E-state index contributed by atoms with van der Waals surface area (Å²) < 4.78 is 13.2. The fraction of sp³-hybridized carbons (Fsp3) is 0.438. The Kier molecular flexibility index (Phi) is 4.22. The smallest absolute Gasteiger partial charge is 0.217 e. The average molecular weight is 287 g/mol. The average Bonchev–Trinajstić information content (AvgIpc) is 2.86. The lowest BCUT2D eigenvalue weighted by Crippen LogP contribution is -2.32. The van der Waals surface area contributed by atoms with Crippen molar-refractivity contribution in [2.45, 2.75) is 25.7 Å². The van der Waals surface area contributed by atoms with Gasteiger partial charge in [0.05, 0.1) is 13.2 Å². The predicted octanol–water partition coefficient (Wildman–Crippen LogP) is 1.92. The van der Waals surface area contributed by atoms with E-state index in [1.807, 2.05) is 6.07 Å². The Morgan fingerprint density at radius 2 is 2.14 bits per heavy atom. The van der Waals surface area contributed by atoms with Gasteiger partial charge >= 0.3 is 0 Å². The Hall–Kier alpha value is -1.85. The van der Waals surface area contributed by atoms with Crippen LogP contribution in [-0.2, 0) is 24.4 Å². The SMILES string of the molecule is COc1ncccc1CN1Cc2cccn2C[C@H](OC)C1. The molecule has 0 fully saturated rings. The van der Waals surface area contributed by atoms with Gasteiger partial charge in [-0.25, -0.2) is 4.98 Å². The second kappa shape index (κ2) is 6.28. The van der Waals surface area contributed by atoms with Gasteiger partial charge in [0.15, 0.2) is 0 Å². The van der Waals surface area contributed by atoms with Crippen molar-refractivity contribution in [3.63, 3.8) is 0 Å². The molecule has 0 radical (unpaired) electrons. The number of fused-ring (bicyclic) bond motifs is 1. The van der Waals surface area contributed by atoms with Gasteiger partial charge in [-0.05, 0) is 18.2 Å². The van der Waals surface area contributed by atoms with Crippen molar-refractivity contribution in [2.75, 3.05) is 20.8 Å². The third kappa shape index (κ3) is 3.09. The van der Waals surface area contributed by atoms with Crippen LogP contribution in [0.2, 0.25) is 0 Å². The van der Waals surface area contributed by atoms with E-state index >= 15 is 0 Å². The Bertz CT molecular complexity index is 597. The molecular weight excluding hydrogens is 266 g/mol. The fourth-order valence-electron chi connectivity index (χ4n) is 2.87. The lowest BCUT2D eigenvalue weighted by molar-refractivity contribution is 0.0563. The minimum Gasteiger partial charge on any atom is -0.481 e. The second-order valence-electron chi connectivity index (χ2n) is 5.35. The Balaban J connectivity index is 1.81. The summed E-state index contributed by atoms with van der Waals surface area (Å²) in [7, 11) is 3.44. The summed E-state index contributed by atoms with van der Waals surface area (Å²) in [4.78, 5) is 6.66. The van der Waals surface area contributed by atoms with Crippen LogP contribution in [0.5, 0.6) is 5.88 Å². The van der Waals surface area contributed by atoms with Crippen LogP contribution in [0.25, 0.3) is 0 Å². The monoisotopic (exact) mass is 287 g/mol. The van der Waals surface area contributed by atoms with E-state index in [2.05, 4.69) is 38.8 Å². The maximum absolute atomic E-state index is 5.61. The highest BCUT2D eigenvalue weighted by Crippen LogP contribution is 2.21. The normalized spacial score (nSPS) is 19.0. The number of nitrogens with zero attached hydrogens (tertiary/aromatic N) is 3. The molecule has 1 atom stereocenters. The first kappa shape index (κ1) is 14.1. The van der Waals surface area contributed by atoms with Crippen molar-refractivity contribution < 1.29 is 9.47 Å². The van der Waals surface area contributed by atoms with E-state index in [0.29, 0.717) is 5.88 Å². The van der Waals surface area contributed by atoms with Crippen LogP contribution < -0.4 is 4.74 Å². The Labute approximate surface area is 125 Å². The first-order chi connectivity index (χ1) is 10.3. The van der Waals surface area contributed by atoms with Gasteiger partial charge in [0.2, 0.25) is 5.88 Å². The van der Waals surface area contributed by atoms with Crippen LogP contribution in [0.3, 0.4) is 0 Å². The van der Waals surface area contributed by atoms with Gasteiger partial charge in [-0.1, -0.05) is 6.07 Å². The van der Waals surface area contributed by atoms with E-state index < -0.39 is 0 Å². The molecule has 0 amide bonds. The molecule has 0 bridgehead atoms. The number of hydrogen-bond acceptors (Lipinski definition) is 4. The molecule has 3 heterocycles. The van der Waals surface area contributed by atoms with Gasteiger partial charge in [0.1, 0.15) is 0 Å². The lowest BCUT2D eigenvalue weighted by atomic mass is 10.2. The summed E-state index contributed by atoms with van der Waals surface area (Å²) in [6, 6.07) is 8.28. The largest absolute Gasteiger partial charge is 0.481 e. The van der Waals surface area contributed by atoms with Crippen LogP contribution in [0.4, 0.5) is 0 Å². The molecule has 0 saturated carbocycles. The maximum Gasteiger partial charge on any atom is 0.217 e. The molecule has 0 N–H and O–H groups in total. The number of aromatic nitrogens is 2. The molecule has 0 spiro atoms. The molecule has 2 aromatic rings. The fourth-order valence-corrected chi connectivity index (χ4v) is 2.87. The zero-order valence-corrected chi connectivity index (χ0v) is 12.5. The van der Waals surface area contributed by atoms with Crippen molar-refractivity contribution in [3.05, 3.63) is 47.9 Å². The quantitative estimate of drug-likeness (QED) is 0.861. The minimum atomic E-state index is 0.196. The minimum absolute atomic E-state index is 0.196. The highest BCUT2D eigenvalue weighted by atomic mass is 16.5. The molecule has 5 heteroatoms. The predicted molar refractivity (Wildman–Crippen MR) is 80.1 cm³/mol. The maximum atomic E-state index is 5.61. The molecule has 0 aromatic carbocycles. The van der Waals surface area contributed by atoms with Crippen molar-refractivity contribution in [1.82, 2.24) is 14.5 Å². The van der Waals surface area contributed by atoms with Crippen molar-refractivity contribution in [3.8, 4) is 5.88 Å². The Morgan fingerprint density at radius 3 is 2.95 bits per heavy atom. The van der Waals surface area contributed by atoms with Crippen LogP contribution >= 0.6 is 0 Å². The summed E-state index contributed by atoms with van der Waals surface area (Å²) in [5, 5.41) is 0. The van der Waals surface area contributed by atoms with E-state index in [0.717, 1.165) is 31.7 Å². The third-order valence-electron chi connectivity index (χ3n) is 3.94. The molecule has 0 unspecified atom stereocenters. The van der Waals surface area contributed by atoms with Gasteiger partial charge in [0.25, 0.3) is 0 Å². The first-order valence-electron chi connectivity index (χ1n) is 7.17. The zero-order valence-electron chi connectivity index (χ0n) is 12.5. The molecule has 5 nitrogen and oxygen atoms in total.